The van der Waals surface area contributed by atoms with Gasteiger partial charge in [-0.05, 0) is 51.3 Å². The third-order valence-electron chi connectivity index (χ3n) is 2.82. The van der Waals surface area contributed by atoms with Gasteiger partial charge in [0, 0.05) is 4.90 Å². The summed E-state index contributed by atoms with van der Waals surface area (Å²) < 4.78 is 25.7. The van der Waals surface area contributed by atoms with Gasteiger partial charge in [-0.25, -0.2) is 4.39 Å². The van der Waals surface area contributed by atoms with E-state index in [0.717, 1.165) is 5.56 Å². The van der Waals surface area contributed by atoms with Crippen molar-refractivity contribution in [2.75, 3.05) is 0 Å². The normalized spacial score (nSPS) is 12.1. The predicted octanol–water partition coefficient (Wildman–Crippen LogP) is 3.52. The first-order valence-electron chi connectivity index (χ1n) is 6.09. The maximum atomic E-state index is 13.1. The van der Waals surface area contributed by atoms with Gasteiger partial charge in [-0.3, -0.25) is 9.00 Å². The Hall–Kier alpha value is -1.53. The van der Waals surface area contributed by atoms with Crippen molar-refractivity contribution >= 4 is 32.7 Å². The second-order valence-electron chi connectivity index (χ2n) is 4.45. The highest BCUT2D eigenvalue weighted by molar-refractivity contribution is 9.10. The maximum absolute atomic E-state index is 13.1. The molecular weight excluding hydrogens is 359 g/mol. The lowest BCUT2D eigenvalue weighted by atomic mass is 10.2. The Balaban J connectivity index is 2.09. The van der Waals surface area contributed by atoms with Gasteiger partial charge < -0.3 is 5.11 Å². The minimum atomic E-state index is -1.26. The highest BCUT2D eigenvalue weighted by atomic mass is 79.9. The standard InChI is InChI=1S/C15H12BrFO3S/c16-13-7-11(3-6-14(13)17)9-21(20)12-4-1-10(2-5-12)8-15(18)19/h1-7H,8-9H2,(H,18,19). The highest BCUT2D eigenvalue weighted by Gasteiger charge is 2.08. The van der Waals surface area contributed by atoms with Crippen molar-refractivity contribution in [3.63, 3.8) is 0 Å². The number of hydrogen-bond acceptors (Lipinski definition) is 2. The molecule has 0 saturated heterocycles. The molecule has 3 nitrogen and oxygen atoms in total. The zero-order chi connectivity index (χ0) is 15.4. The summed E-state index contributed by atoms with van der Waals surface area (Å²) in [4.78, 5) is 11.2. The van der Waals surface area contributed by atoms with Gasteiger partial charge in [-0.2, -0.15) is 0 Å². The molecular formula is C15H12BrFO3S. The van der Waals surface area contributed by atoms with Crippen LogP contribution in [0, 0.1) is 5.82 Å². The van der Waals surface area contributed by atoms with Gasteiger partial charge in [-0.1, -0.05) is 18.2 Å². The molecule has 0 aromatic heterocycles. The molecule has 0 fully saturated rings. The van der Waals surface area contributed by atoms with Crippen LogP contribution >= 0.6 is 15.9 Å². The Morgan fingerprint density at radius 2 is 1.76 bits per heavy atom. The summed E-state index contributed by atoms with van der Waals surface area (Å²) in [5, 5.41) is 8.69. The van der Waals surface area contributed by atoms with Crippen molar-refractivity contribution in [2.45, 2.75) is 17.1 Å². The van der Waals surface area contributed by atoms with E-state index >= 15 is 0 Å². The Labute approximate surface area is 132 Å². The number of carbonyl (C=O) groups is 1. The number of halogens is 2. The van der Waals surface area contributed by atoms with E-state index in [-0.39, 0.29) is 18.0 Å². The van der Waals surface area contributed by atoms with Gasteiger partial charge in [-0.15, -0.1) is 0 Å². The van der Waals surface area contributed by atoms with Crippen molar-refractivity contribution in [1.29, 1.82) is 0 Å². The third-order valence-corrected chi connectivity index (χ3v) is 4.82. The van der Waals surface area contributed by atoms with E-state index in [0.29, 0.717) is 14.9 Å². The van der Waals surface area contributed by atoms with Gasteiger partial charge in [0.1, 0.15) is 5.82 Å². The molecule has 1 atom stereocenters. The van der Waals surface area contributed by atoms with Crippen molar-refractivity contribution in [3.05, 3.63) is 63.9 Å². The van der Waals surface area contributed by atoms with Crippen LogP contribution < -0.4 is 0 Å². The molecule has 110 valence electrons. The smallest absolute Gasteiger partial charge is 0.307 e. The van der Waals surface area contributed by atoms with Crippen molar-refractivity contribution in [3.8, 4) is 0 Å². The van der Waals surface area contributed by atoms with E-state index in [1.165, 1.54) is 6.07 Å². The SMILES string of the molecule is O=C(O)Cc1ccc(S(=O)Cc2ccc(F)c(Br)c2)cc1. The molecule has 0 aliphatic carbocycles. The van der Waals surface area contributed by atoms with Crippen molar-refractivity contribution in [2.24, 2.45) is 0 Å². The summed E-state index contributed by atoms with van der Waals surface area (Å²) in [7, 11) is -1.26. The van der Waals surface area contributed by atoms with E-state index in [2.05, 4.69) is 15.9 Å². The van der Waals surface area contributed by atoms with Gasteiger partial charge in [0.05, 0.1) is 27.4 Å². The summed E-state index contributed by atoms with van der Waals surface area (Å²) in [5.74, 6) is -0.987. The molecule has 21 heavy (non-hydrogen) atoms. The lowest BCUT2D eigenvalue weighted by molar-refractivity contribution is -0.136. The Morgan fingerprint density at radius 3 is 2.33 bits per heavy atom. The third kappa shape index (κ3) is 4.47. The maximum Gasteiger partial charge on any atom is 0.307 e. The van der Waals surface area contributed by atoms with Crippen LogP contribution in [-0.4, -0.2) is 15.3 Å². The van der Waals surface area contributed by atoms with Crippen LogP contribution in [0.2, 0.25) is 0 Å². The first-order chi connectivity index (χ1) is 9.95. The lowest BCUT2D eigenvalue weighted by Gasteiger charge is -2.05. The summed E-state index contributed by atoms with van der Waals surface area (Å²) in [6, 6.07) is 11.2. The fraction of sp³-hybridized carbons (Fsp3) is 0.133. The predicted molar refractivity (Wildman–Crippen MR) is 82.0 cm³/mol. The summed E-state index contributed by atoms with van der Waals surface area (Å²) in [6.45, 7) is 0. The minimum absolute atomic E-state index is 0.0577. The number of carboxylic acids is 1. The van der Waals surface area contributed by atoms with Crippen molar-refractivity contribution < 1.29 is 18.5 Å². The molecule has 0 radical (unpaired) electrons. The zero-order valence-corrected chi connectivity index (χ0v) is 13.3. The van der Waals surface area contributed by atoms with Gasteiger partial charge in [0.25, 0.3) is 0 Å². The van der Waals surface area contributed by atoms with Crippen LogP contribution in [0.1, 0.15) is 11.1 Å². The molecule has 6 heteroatoms. The largest absolute Gasteiger partial charge is 0.481 e. The van der Waals surface area contributed by atoms with Crippen LogP contribution in [0.4, 0.5) is 4.39 Å². The molecule has 2 aromatic carbocycles. The number of aliphatic carboxylic acids is 1. The van der Waals surface area contributed by atoms with E-state index < -0.39 is 16.8 Å². The first-order valence-corrected chi connectivity index (χ1v) is 8.20. The van der Waals surface area contributed by atoms with Crippen LogP contribution in [-0.2, 0) is 27.8 Å². The van der Waals surface area contributed by atoms with Crippen LogP contribution in [0.3, 0.4) is 0 Å². The molecule has 0 bridgehead atoms. The monoisotopic (exact) mass is 370 g/mol. The molecule has 0 aliphatic heterocycles. The molecule has 0 aliphatic rings. The van der Waals surface area contributed by atoms with Crippen LogP contribution in [0.15, 0.2) is 51.8 Å². The Morgan fingerprint density at radius 1 is 1.14 bits per heavy atom. The molecule has 1 N–H and O–H groups in total. The van der Waals surface area contributed by atoms with Crippen LogP contribution in [0.25, 0.3) is 0 Å². The van der Waals surface area contributed by atoms with E-state index in [1.807, 2.05) is 0 Å². The van der Waals surface area contributed by atoms with E-state index in [9.17, 15) is 13.4 Å². The zero-order valence-electron chi connectivity index (χ0n) is 10.9. The van der Waals surface area contributed by atoms with E-state index in [4.69, 9.17) is 5.11 Å². The summed E-state index contributed by atoms with van der Waals surface area (Å²) in [6.07, 6.45) is -0.0577. The minimum Gasteiger partial charge on any atom is -0.481 e. The second-order valence-corrected chi connectivity index (χ2v) is 6.76. The van der Waals surface area contributed by atoms with E-state index in [1.54, 1.807) is 36.4 Å². The molecule has 0 heterocycles. The highest BCUT2D eigenvalue weighted by Crippen LogP contribution is 2.20. The number of benzene rings is 2. The van der Waals surface area contributed by atoms with Crippen LogP contribution in [0.5, 0.6) is 0 Å². The average molecular weight is 371 g/mol. The fourth-order valence-electron chi connectivity index (χ4n) is 1.80. The molecule has 1 unspecified atom stereocenters. The summed E-state index contributed by atoms with van der Waals surface area (Å²) in [5.41, 5.74) is 1.42. The van der Waals surface area contributed by atoms with Gasteiger partial charge >= 0.3 is 5.97 Å². The number of rotatable bonds is 5. The number of hydrogen-bond donors (Lipinski definition) is 1. The van der Waals surface area contributed by atoms with Crippen molar-refractivity contribution in [1.82, 2.24) is 0 Å². The molecule has 2 rings (SSSR count). The molecule has 0 spiro atoms. The average Bonchev–Trinajstić information content (AvgIpc) is 2.43. The first kappa shape index (κ1) is 15.9. The topological polar surface area (TPSA) is 54.4 Å². The van der Waals surface area contributed by atoms with Gasteiger partial charge in [0.15, 0.2) is 0 Å². The van der Waals surface area contributed by atoms with Gasteiger partial charge in [0.2, 0.25) is 0 Å². The number of carboxylic acid groups (broad SMARTS) is 1. The Bertz CT molecular complexity index is 686. The lowest BCUT2D eigenvalue weighted by Crippen LogP contribution is -2.01. The quantitative estimate of drug-likeness (QED) is 0.875. The molecule has 0 saturated carbocycles. The summed E-state index contributed by atoms with van der Waals surface area (Å²) >= 11 is 3.10. The molecule has 2 aromatic rings. The molecule has 0 amide bonds. The Kier molecular flexibility index (Phi) is 5.25. The fourth-order valence-corrected chi connectivity index (χ4v) is 3.31. The second kappa shape index (κ2) is 6.95.